The van der Waals surface area contributed by atoms with E-state index in [9.17, 15) is 0 Å². The number of nitrogens with two attached hydrogens (primary N) is 1. The third kappa shape index (κ3) is 1.77. The van der Waals surface area contributed by atoms with Gasteiger partial charge in [0.05, 0.1) is 16.7 Å². The van der Waals surface area contributed by atoms with Gasteiger partial charge < -0.3 is 5.73 Å². The standard InChI is InChI=1S/C14H12IN3/c1-9-4-2-3-5-12(9)18-13-7-6-10(15)8-11(13)17-14(18)16/h2-8H,1H3,(H2,16,17). The van der Waals surface area contributed by atoms with Gasteiger partial charge in [0, 0.05) is 3.57 Å². The molecule has 4 heteroatoms. The first kappa shape index (κ1) is 11.5. The van der Waals surface area contributed by atoms with Gasteiger partial charge >= 0.3 is 0 Å². The number of nitrogens with zero attached hydrogens (tertiary/aromatic N) is 2. The maximum absolute atomic E-state index is 6.05. The molecule has 0 atom stereocenters. The lowest BCUT2D eigenvalue weighted by Crippen LogP contribution is -2.02. The van der Waals surface area contributed by atoms with Gasteiger partial charge in [-0.1, -0.05) is 18.2 Å². The summed E-state index contributed by atoms with van der Waals surface area (Å²) in [6.07, 6.45) is 0. The Labute approximate surface area is 119 Å². The zero-order chi connectivity index (χ0) is 12.7. The van der Waals surface area contributed by atoms with Gasteiger partial charge in [-0.2, -0.15) is 0 Å². The first-order chi connectivity index (χ1) is 8.66. The first-order valence-corrected chi connectivity index (χ1v) is 6.74. The van der Waals surface area contributed by atoms with Crippen LogP contribution in [0.1, 0.15) is 5.56 Å². The fourth-order valence-corrected chi connectivity index (χ4v) is 2.61. The van der Waals surface area contributed by atoms with E-state index in [1.165, 1.54) is 5.56 Å². The topological polar surface area (TPSA) is 43.8 Å². The molecule has 0 aliphatic rings. The molecule has 1 aromatic heterocycles. The molecule has 0 radical (unpaired) electrons. The zero-order valence-electron chi connectivity index (χ0n) is 9.89. The molecule has 0 aliphatic carbocycles. The molecule has 0 fully saturated rings. The van der Waals surface area contributed by atoms with Crippen LogP contribution in [-0.4, -0.2) is 9.55 Å². The van der Waals surface area contributed by atoms with E-state index in [0.29, 0.717) is 5.95 Å². The third-order valence-corrected chi connectivity index (χ3v) is 3.67. The van der Waals surface area contributed by atoms with Crippen molar-refractivity contribution in [3.63, 3.8) is 0 Å². The highest BCUT2D eigenvalue weighted by atomic mass is 127. The number of halogens is 1. The summed E-state index contributed by atoms with van der Waals surface area (Å²) < 4.78 is 3.16. The van der Waals surface area contributed by atoms with E-state index < -0.39 is 0 Å². The molecule has 2 aromatic carbocycles. The number of para-hydroxylation sites is 1. The summed E-state index contributed by atoms with van der Waals surface area (Å²) in [5.74, 6) is 0.529. The smallest absolute Gasteiger partial charge is 0.205 e. The van der Waals surface area contributed by atoms with Gasteiger partial charge in [-0.3, -0.25) is 4.57 Å². The Bertz CT molecular complexity index is 731. The molecule has 0 unspecified atom stereocenters. The van der Waals surface area contributed by atoms with Crippen molar-refractivity contribution in [1.82, 2.24) is 9.55 Å². The summed E-state index contributed by atoms with van der Waals surface area (Å²) >= 11 is 2.28. The highest BCUT2D eigenvalue weighted by molar-refractivity contribution is 14.1. The number of aryl methyl sites for hydroxylation is 1. The van der Waals surface area contributed by atoms with Gasteiger partial charge in [0.15, 0.2) is 0 Å². The molecule has 3 aromatic rings. The van der Waals surface area contributed by atoms with E-state index in [1.54, 1.807) is 0 Å². The molecular weight excluding hydrogens is 337 g/mol. The van der Waals surface area contributed by atoms with Crippen LogP contribution in [0.2, 0.25) is 0 Å². The van der Waals surface area contributed by atoms with Crippen molar-refractivity contribution in [2.45, 2.75) is 6.92 Å². The lowest BCUT2D eigenvalue weighted by Gasteiger charge is -2.09. The van der Waals surface area contributed by atoms with Crippen LogP contribution in [0.3, 0.4) is 0 Å². The maximum Gasteiger partial charge on any atom is 0.205 e. The Hall–Kier alpha value is -1.56. The van der Waals surface area contributed by atoms with Gasteiger partial charge in [-0.25, -0.2) is 4.98 Å². The van der Waals surface area contributed by atoms with Crippen LogP contribution in [-0.2, 0) is 0 Å². The van der Waals surface area contributed by atoms with Gasteiger partial charge in [-0.15, -0.1) is 0 Å². The Balaban J connectivity index is 2.36. The first-order valence-electron chi connectivity index (χ1n) is 5.66. The van der Waals surface area contributed by atoms with Gasteiger partial charge in [0.2, 0.25) is 5.95 Å². The van der Waals surface area contributed by atoms with E-state index >= 15 is 0 Å². The minimum absolute atomic E-state index is 0.529. The van der Waals surface area contributed by atoms with Crippen molar-refractivity contribution in [1.29, 1.82) is 0 Å². The third-order valence-electron chi connectivity index (χ3n) is 3.00. The number of nitrogen functional groups attached to an aromatic ring is 1. The number of imidazole rings is 1. The molecule has 90 valence electrons. The van der Waals surface area contributed by atoms with E-state index in [4.69, 9.17) is 5.73 Å². The average Bonchev–Trinajstić information content (AvgIpc) is 2.65. The molecule has 0 aliphatic heterocycles. The molecule has 0 amide bonds. The Morgan fingerprint density at radius 3 is 2.72 bits per heavy atom. The van der Waals surface area contributed by atoms with Crippen molar-refractivity contribution in [2.75, 3.05) is 5.73 Å². The second-order valence-electron chi connectivity index (χ2n) is 4.22. The second kappa shape index (κ2) is 4.28. The number of hydrogen-bond donors (Lipinski definition) is 1. The fraction of sp³-hybridized carbons (Fsp3) is 0.0714. The second-order valence-corrected chi connectivity index (χ2v) is 5.47. The monoisotopic (exact) mass is 349 g/mol. The van der Waals surface area contributed by atoms with Crippen molar-refractivity contribution < 1.29 is 0 Å². The molecule has 0 saturated heterocycles. The number of rotatable bonds is 1. The lowest BCUT2D eigenvalue weighted by molar-refractivity contribution is 1.09. The van der Waals surface area contributed by atoms with E-state index in [-0.39, 0.29) is 0 Å². The highest BCUT2D eigenvalue weighted by Gasteiger charge is 2.11. The van der Waals surface area contributed by atoms with E-state index in [2.05, 4.69) is 58.8 Å². The molecule has 0 bridgehead atoms. The molecule has 3 rings (SSSR count). The number of anilines is 1. The predicted molar refractivity (Wildman–Crippen MR) is 82.9 cm³/mol. The quantitative estimate of drug-likeness (QED) is 0.683. The highest BCUT2D eigenvalue weighted by Crippen LogP contribution is 2.26. The molecule has 18 heavy (non-hydrogen) atoms. The Morgan fingerprint density at radius 1 is 1.17 bits per heavy atom. The summed E-state index contributed by atoms with van der Waals surface area (Å²) in [5.41, 5.74) is 10.3. The molecule has 0 saturated carbocycles. The summed E-state index contributed by atoms with van der Waals surface area (Å²) in [7, 11) is 0. The van der Waals surface area contributed by atoms with Crippen LogP contribution >= 0.6 is 22.6 Å². The molecular formula is C14H12IN3. The van der Waals surface area contributed by atoms with Gasteiger partial charge in [0.25, 0.3) is 0 Å². The van der Waals surface area contributed by atoms with E-state index in [1.807, 2.05) is 22.8 Å². The van der Waals surface area contributed by atoms with Crippen LogP contribution in [0.15, 0.2) is 42.5 Å². The minimum atomic E-state index is 0.529. The number of benzene rings is 2. The normalized spacial score (nSPS) is 11.0. The lowest BCUT2D eigenvalue weighted by atomic mass is 10.2. The Morgan fingerprint density at radius 2 is 1.94 bits per heavy atom. The van der Waals surface area contributed by atoms with Crippen molar-refractivity contribution >= 4 is 39.6 Å². The largest absolute Gasteiger partial charge is 0.369 e. The van der Waals surface area contributed by atoms with Crippen LogP contribution in [0.5, 0.6) is 0 Å². The maximum atomic E-state index is 6.05. The average molecular weight is 349 g/mol. The van der Waals surface area contributed by atoms with Crippen molar-refractivity contribution in [3.8, 4) is 5.69 Å². The van der Waals surface area contributed by atoms with Crippen LogP contribution in [0, 0.1) is 10.5 Å². The summed E-state index contributed by atoms with van der Waals surface area (Å²) in [4.78, 5) is 4.43. The molecule has 3 nitrogen and oxygen atoms in total. The van der Waals surface area contributed by atoms with Crippen LogP contribution in [0.4, 0.5) is 5.95 Å². The predicted octanol–water partition coefficient (Wildman–Crippen LogP) is 3.52. The van der Waals surface area contributed by atoms with Crippen LogP contribution in [0.25, 0.3) is 16.7 Å². The minimum Gasteiger partial charge on any atom is -0.369 e. The van der Waals surface area contributed by atoms with Gasteiger partial charge in [0.1, 0.15) is 0 Å². The molecule has 2 N–H and O–H groups in total. The number of fused-ring (bicyclic) bond motifs is 1. The fourth-order valence-electron chi connectivity index (χ4n) is 2.14. The van der Waals surface area contributed by atoms with Crippen molar-refractivity contribution in [3.05, 3.63) is 51.6 Å². The Kier molecular flexibility index (Phi) is 2.74. The number of aromatic nitrogens is 2. The van der Waals surface area contributed by atoms with Crippen molar-refractivity contribution in [2.24, 2.45) is 0 Å². The van der Waals surface area contributed by atoms with E-state index in [0.717, 1.165) is 20.3 Å². The zero-order valence-corrected chi connectivity index (χ0v) is 12.0. The molecule has 1 heterocycles. The van der Waals surface area contributed by atoms with Crippen LogP contribution < -0.4 is 5.73 Å². The molecule has 0 spiro atoms. The summed E-state index contributed by atoms with van der Waals surface area (Å²) in [6.45, 7) is 2.08. The van der Waals surface area contributed by atoms with Gasteiger partial charge in [-0.05, 0) is 59.3 Å². The SMILES string of the molecule is Cc1ccccc1-n1c(N)nc2cc(I)ccc21. The summed E-state index contributed by atoms with van der Waals surface area (Å²) in [5, 5.41) is 0. The summed E-state index contributed by atoms with van der Waals surface area (Å²) in [6, 6.07) is 14.3. The number of hydrogen-bond acceptors (Lipinski definition) is 2.